The van der Waals surface area contributed by atoms with E-state index in [-0.39, 0.29) is 17.5 Å². The first-order chi connectivity index (χ1) is 9.27. The molecule has 3 nitrogen and oxygen atoms in total. The Balaban J connectivity index is 1.63. The van der Waals surface area contributed by atoms with Gasteiger partial charge in [0.05, 0.1) is 20.1 Å². The monoisotopic (exact) mass is 280 g/mol. The first-order valence-electron chi connectivity index (χ1n) is 8.30. The Morgan fingerprint density at radius 3 is 2.40 bits per heavy atom. The smallest absolute Gasteiger partial charge is 0.362 e. The van der Waals surface area contributed by atoms with E-state index < -0.39 is 0 Å². The molecule has 0 aromatic heterocycles. The van der Waals surface area contributed by atoms with Gasteiger partial charge in [-0.3, -0.25) is 0 Å². The van der Waals surface area contributed by atoms with Gasteiger partial charge in [-0.2, -0.15) is 0 Å². The van der Waals surface area contributed by atoms with Crippen LogP contribution in [0.1, 0.15) is 52.9 Å². The van der Waals surface area contributed by atoms with Crippen molar-refractivity contribution in [1.82, 2.24) is 0 Å². The molecule has 3 heteroatoms. The van der Waals surface area contributed by atoms with Gasteiger partial charge < -0.3 is 9.22 Å². The summed E-state index contributed by atoms with van der Waals surface area (Å²) < 4.78 is 6.84. The maximum absolute atomic E-state index is 12.4. The summed E-state index contributed by atoms with van der Waals surface area (Å²) in [5, 5.41) is 0. The van der Waals surface area contributed by atoms with Gasteiger partial charge in [-0.05, 0) is 30.6 Å². The quantitative estimate of drug-likeness (QED) is 0.587. The Kier molecular flexibility index (Phi) is 3.20. The minimum absolute atomic E-state index is 0.0315. The molecular weight excluding hydrogens is 250 g/mol. The molecule has 0 N–H and O–H groups in total. The predicted octanol–water partition coefficient (Wildman–Crippen LogP) is 2.98. The largest absolute Gasteiger partial charge is 0.458 e. The fourth-order valence-electron chi connectivity index (χ4n) is 5.07. The van der Waals surface area contributed by atoms with Crippen LogP contribution in [-0.4, -0.2) is 43.2 Å². The molecule has 0 aromatic rings. The van der Waals surface area contributed by atoms with Crippen molar-refractivity contribution in [2.45, 2.75) is 59.0 Å². The number of likely N-dealkylation sites (N-methyl/N-ethyl adjacent to an activating group) is 1. The normalized spacial score (nSPS) is 41.0. The van der Waals surface area contributed by atoms with Crippen LogP contribution >= 0.6 is 0 Å². The number of carbonyl (C=O) groups is 1. The number of fused-ring (bicyclic) bond motifs is 2. The fourth-order valence-corrected chi connectivity index (χ4v) is 5.07. The van der Waals surface area contributed by atoms with Crippen LogP contribution in [-0.2, 0) is 9.53 Å². The molecule has 1 saturated heterocycles. The van der Waals surface area contributed by atoms with E-state index in [0.29, 0.717) is 12.0 Å². The van der Waals surface area contributed by atoms with E-state index in [9.17, 15) is 4.79 Å². The molecule has 1 heterocycles. The van der Waals surface area contributed by atoms with Crippen molar-refractivity contribution in [3.63, 3.8) is 0 Å². The summed E-state index contributed by atoms with van der Waals surface area (Å²) in [6.45, 7) is 9.90. The summed E-state index contributed by atoms with van der Waals surface area (Å²) in [4.78, 5) is 12.4. The molecule has 114 valence electrons. The third kappa shape index (κ3) is 2.01. The third-order valence-corrected chi connectivity index (χ3v) is 7.14. The molecule has 2 aliphatic carbocycles. The van der Waals surface area contributed by atoms with Gasteiger partial charge in [0.15, 0.2) is 6.54 Å². The van der Waals surface area contributed by atoms with Gasteiger partial charge in [0.2, 0.25) is 0 Å². The van der Waals surface area contributed by atoms with Crippen LogP contribution in [0.3, 0.4) is 0 Å². The van der Waals surface area contributed by atoms with Crippen molar-refractivity contribution >= 4 is 5.97 Å². The Labute approximate surface area is 123 Å². The van der Waals surface area contributed by atoms with Gasteiger partial charge in [-0.25, -0.2) is 4.79 Å². The number of hydrogen-bond donors (Lipinski definition) is 0. The Morgan fingerprint density at radius 1 is 1.25 bits per heavy atom. The molecule has 3 fully saturated rings. The molecule has 0 aromatic carbocycles. The van der Waals surface area contributed by atoms with E-state index in [1.54, 1.807) is 0 Å². The van der Waals surface area contributed by atoms with Gasteiger partial charge in [0.25, 0.3) is 0 Å². The predicted molar refractivity (Wildman–Crippen MR) is 79.1 cm³/mol. The highest BCUT2D eigenvalue weighted by molar-refractivity contribution is 5.71. The lowest BCUT2D eigenvalue weighted by Gasteiger charge is -2.38. The molecule has 0 radical (unpaired) electrons. The molecule has 2 bridgehead atoms. The Bertz CT molecular complexity index is 411. The van der Waals surface area contributed by atoms with Crippen LogP contribution in [0.4, 0.5) is 0 Å². The molecule has 0 amide bonds. The fraction of sp³-hybridized carbons (Fsp3) is 0.941. The van der Waals surface area contributed by atoms with E-state index in [2.05, 4.69) is 27.8 Å². The molecule has 3 rings (SSSR count). The summed E-state index contributed by atoms with van der Waals surface area (Å²) in [6, 6.07) is 0. The summed E-state index contributed by atoms with van der Waals surface area (Å²) in [5.41, 5.74) is 0.515. The molecular formula is C17H30NO2+. The van der Waals surface area contributed by atoms with Crippen LogP contribution in [0.5, 0.6) is 0 Å². The molecule has 3 atom stereocenters. The lowest BCUT2D eigenvalue weighted by molar-refractivity contribution is -0.890. The second-order valence-electron chi connectivity index (χ2n) is 8.52. The van der Waals surface area contributed by atoms with Gasteiger partial charge in [0, 0.05) is 18.3 Å². The zero-order valence-corrected chi connectivity index (χ0v) is 13.6. The van der Waals surface area contributed by atoms with Gasteiger partial charge in [-0.1, -0.05) is 20.8 Å². The number of carbonyl (C=O) groups excluding carboxylic acids is 1. The molecule has 1 aliphatic heterocycles. The number of esters is 1. The average molecular weight is 280 g/mol. The summed E-state index contributed by atoms with van der Waals surface area (Å²) >= 11 is 0. The van der Waals surface area contributed by atoms with Crippen molar-refractivity contribution < 1.29 is 14.0 Å². The topological polar surface area (TPSA) is 26.3 Å². The number of hydrogen-bond acceptors (Lipinski definition) is 2. The minimum atomic E-state index is 0.0315. The number of nitrogens with zero attached hydrogens (tertiary/aromatic N) is 1. The van der Waals surface area contributed by atoms with Crippen LogP contribution in [0.25, 0.3) is 0 Å². The highest BCUT2D eigenvalue weighted by atomic mass is 16.5. The summed E-state index contributed by atoms with van der Waals surface area (Å²) in [6.07, 6.45) is 6.26. The second-order valence-corrected chi connectivity index (χ2v) is 8.52. The van der Waals surface area contributed by atoms with Crippen LogP contribution in [0.2, 0.25) is 0 Å². The van der Waals surface area contributed by atoms with Gasteiger partial charge in [0.1, 0.15) is 6.10 Å². The first-order valence-corrected chi connectivity index (χ1v) is 8.30. The third-order valence-electron chi connectivity index (χ3n) is 7.14. The van der Waals surface area contributed by atoms with Crippen molar-refractivity contribution in [2.24, 2.45) is 16.7 Å². The van der Waals surface area contributed by atoms with Crippen molar-refractivity contribution in [1.29, 1.82) is 0 Å². The van der Waals surface area contributed by atoms with E-state index in [1.165, 1.54) is 25.7 Å². The van der Waals surface area contributed by atoms with E-state index in [1.807, 2.05) is 0 Å². The summed E-state index contributed by atoms with van der Waals surface area (Å²) in [5.74, 6) is 0.769. The Morgan fingerprint density at radius 2 is 1.90 bits per heavy atom. The van der Waals surface area contributed by atoms with Crippen LogP contribution < -0.4 is 0 Å². The number of rotatable bonds is 3. The minimum Gasteiger partial charge on any atom is -0.458 e. The molecule has 20 heavy (non-hydrogen) atoms. The molecule has 3 aliphatic rings. The highest BCUT2D eigenvalue weighted by Gasteiger charge is 2.63. The standard InChI is InChI=1S/C17H30NO2/c1-16(2)13-7-8-17(16,3)14(11-13)20-15(19)12-18(4)9-5-6-10-18/h13-14H,5-12H2,1-4H3/q+1/t13-,14+,17+/m0/s1. The highest BCUT2D eigenvalue weighted by Crippen LogP contribution is 2.66. The van der Waals surface area contributed by atoms with Crippen LogP contribution in [0, 0.1) is 16.7 Å². The lowest BCUT2D eigenvalue weighted by atomic mass is 9.70. The Hall–Kier alpha value is -0.570. The number of ether oxygens (including phenoxy) is 1. The molecule has 0 spiro atoms. The maximum Gasteiger partial charge on any atom is 0.362 e. The van der Waals surface area contributed by atoms with Crippen molar-refractivity contribution in [3.8, 4) is 0 Å². The lowest BCUT2D eigenvalue weighted by Crippen LogP contribution is -2.47. The number of likely N-dealkylation sites (tertiary alicyclic amines) is 1. The molecule has 2 saturated carbocycles. The first kappa shape index (κ1) is 14.4. The zero-order chi connectivity index (χ0) is 14.6. The van der Waals surface area contributed by atoms with Crippen LogP contribution in [0.15, 0.2) is 0 Å². The van der Waals surface area contributed by atoms with E-state index in [4.69, 9.17) is 4.74 Å². The maximum atomic E-state index is 12.4. The SMILES string of the molecule is CC1(C)[C@H]2CC[C@]1(C)[C@H](OC(=O)C[N+]1(C)CCCC1)C2. The van der Waals surface area contributed by atoms with E-state index >= 15 is 0 Å². The van der Waals surface area contributed by atoms with E-state index in [0.717, 1.165) is 29.9 Å². The summed E-state index contributed by atoms with van der Waals surface area (Å²) in [7, 11) is 2.20. The average Bonchev–Trinajstić information content (AvgIpc) is 2.91. The van der Waals surface area contributed by atoms with Gasteiger partial charge in [-0.15, -0.1) is 0 Å². The zero-order valence-electron chi connectivity index (χ0n) is 13.6. The van der Waals surface area contributed by atoms with Gasteiger partial charge >= 0.3 is 5.97 Å². The van der Waals surface area contributed by atoms with Crippen molar-refractivity contribution in [3.05, 3.63) is 0 Å². The number of quaternary nitrogens is 1. The second kappa shape index (κ2) is 4.46. The molecule has 0 unspecified atom stereocenters. The van der Waals surface area contributed by atoms with Crippen molar-refractivity contribution in [2.75, 3.05) is 26.7 Å².